The maximum atomic E-state index is 14.9. The maximum Gasteiger partial charge on any atom is 0.427 e. The summed E-state index contributed by atoms with van der Waals surface area (Å²) < 4.78 is 99.8. The molecule has 1 aromatic carbocycles. The number of rotatable bonds is 9. The predicted octanol–water partition coefficient (Wildman–Crippen LogP) is 5.44. The second kappa shape index (κ2) is 16.1. The number of fused-ring (bicyclic) bond motifs is 3. The zero-order valence-corrected chi connectivity index (χ0v) is 34.6. The predicted molar refractivity (Wildman–Crippen MR) is 206 cm³/mol. The van der Waals surface area contributed by atoms with Crippen LogP contribution < -0.4 is 24.8 Å². The van der Waals surface area contributed by atoms with Crippen LogP contribution in [0.15, 0.2) is 36.5 Å². The molecule has 4 amide bonds. The number of aromatic nitrogens is 1. The highest BCUT2D eigenvalue weighted by molar-refractivity contribution is 7.91. The molecule has 14 nitrogen and oxygen atoms in total. The molecule has 7 atom stereocenters. The van der Waals surface area contributed by atoms with Gasteiger partial charge in [0.2, 0.25) is 33.3 Å². The lowest BCUT2D eigenvalue weighted by Gasteiger charge is -2.35. The van der Waals surface area contributed by atoms with Crippen molar-refractivity contribution in [3.63, 3.8) is 0 Å². The number of pyridine rings is 1. The molecule has 3 N–H and O–H groups in total. The minimum atomic E-state index is -4.94. The second-order valence-electron chi connectivity index (χ2n) is 17.0. The molecular weight excluding hydrogens is 803 g/mol. The number of sulfonamides is 1. The summed E-state index contributed by atoms with van der Waals surface area (Å²) >= 11 is 0. The number of methoxy groups -OCH3 is 1. The van der Waals surface area contributed by atoms with Crippen molar-refractivity contribution < 1.29 is 59.4 Å². The van der Waals surface area contributed by atoms with E-state index in [9.17, 15) is 45.2 Å². The number of hydrogen-bond acceptors (Lipinski definition) is 10. The Hall–Kier alpha value is -4.68. The molecule has 0 spiro atoms. The van der Waals surface area contributed by atoms with Crippen LogP contribution in [0.4, 0.5) is 22.4 Å². The molecule has 0 bridgehead atoms. The Balaban J connectivity index is 1.38. The molecule has 0 radical (unpaired) electrons. The number of halogens is 4. The van der Waals surface area contributed by atoms with Gasteiger partial charge in [-0.2, -0.15) is 13.2 Å². The van der Waals surface area contributed by atoms with E-state index in [1.807, 2.05) is 13.0 Å². The minimum Gasteiger partial charge on any atom is -0.494 e. The fourth-order valence-corrected chi connectivity index (χ4v) is 9.15. The number of allylic oxidation sites excluding steroid dienone is 1. The van der Waals surface area contributed by atoms with Gasteiger partial charge >= 0.3 is 12.3 Å². The van der Waals surface area contributed by atoms with Gasteiger partial charge in [-0.3, -0.25) is 19.1 Å². The molecule has 2 saturated carbocycles. The largest absolute Gasteiger partial charge is 0.494 e. The standard InChI is InChI=1S/C40H51F4N5O9S/c1-7-23-16-22(2)10-8-9-11-24-19-39(24,35(52)48-59(54,55)38(5)14-15-38)47-32(50)29-18-26(57-33-28-17-25(41)12-13-27(28)30(56-6)20-45-33)21-49(29)34(51)31(23)46-36(53)58-37(3,4)40(42,43)44/h9,11-13,17,20,22-24,26,29,31H,7-8,10,14-16,18-19,21H2,1-6H3,(H,46,53)(H,47,50)(H,48,52)/t22-,23-,24-,26-,29+,31+,39-/m1/s1. The van der Waals surface area contributed by atoms with E-state index in [0.717, 1.165) is 4.90 Å². The Morgan fingerprint density at radius 2 is 1.83 bits per heavy atom. The third kappa shape index (κ3) is 8.94. The lowest BCUT2D eigenvalue weighted by molar-refractivity contribution is -0.244. The molecule has 1 aromatic heterocycles. The number of carbonyl (C=O) groups is 4. The summed E-state index contributed by atoms with van der Waals surface area (Å²) in [4.78, 5) is 62.0. The molecule has 324 valence electrons. The molecule has 4 aliphatic rings. The molecule has 2 aromatic rings. The number of amides is 4. The summed E-state index contributed by atoms with van der Waals surface area (Å²) in [5.74, 6) is -4.18. The molecule has 3 fully saturated rings. The van der Waals surface area contributed by atoms with Gasteiger partial charge in [-0.15, -0.1) is 0 Å². The van der Waals surface area contributed by atoms with E-state index in [-0.39, 0.29) is 36.6 Å². The smallest absolute Gasteiger partial charge is 0.427 e. The van der Waals surface area contributed by atoms with Crippen molar-refractivity contribution in [3.05, 3.63) is 42.4 Å². The van der Waals surface area contributed by atoms with E-state index in [4.69, 9.17) is 14.2 Å². The second-order valence-corrected chi connectivity index (χ2v) is 19.2. The fraction of sp³-hybridized carbons (Fsp3) is 0.625. The molecule has 2 aliphatic carbocycles. The van der Waals surface area contributed by atoms with Crippen LogP contribution in [-0.2, 0) is 29.1 Å². The first-order chi connectivity index (χ1) is 27.5. The van der Waals surface area contributed by atoms with Crippen LogP contribution in [0.1, 0.15) is 86.0 Å². The lowest BCUT2D eigenvalue weighted by Crippen LogP contribution is -2.60. The van der Waals surface area contributed by atoms with Gasteiger partial charge in [-0.1, -0.05) is 32.4 Å². The molecule has 6 rings (SSSR count). The molecule has 1 saturated heterocycles. The SMILES string of the molecule is CC[C@@H]1C[C@H](C)CCC=C[C@@H]2C[C@@]2(C(=O)NS(=O)(=O)C2(C)CC2)NC(=O)[C@@H]2C[C@@H](Oc3ncc(OC)c4ccc(F)cc34)CN2C(=O)[C@H]1NC(=O)OC(C)(C)C(F)(F)F. The summed E-state index contributed by atoms with van der Waals surface area (Å²) in [7, 11) is -2.69. The Kier molecular flexibility index (Phi) is 11.9. The van der Waals surface area contributed by atoms with Gasteiger partial charge in [0.05, 0.1) is 30.0 Å². The van der Waals surface area contributed by atoms with Crippen LogP contribution in [0.3, 0.4) is 0 Å². The number of carbonyl (C=O) groups excluding carboxylic acids is 4. The van der Waals surface area contributed by atoms with Crippen LogP contribution in [-0.4, -0.2) is 96.0 Å². The molecular formula is C40H51F4N5O9S. The van der Waals surface area contributed by atoms with E-state index in [2.05, 4.69) is 20.3 Å². The Labute approximate surface area is 340 Å². The van der Waals surface area contributed by atoms with Crippen LogP contribution in [0.2, 0.25) is 0 Å². The quantitative estimate of drug-likeness (QED) is 0.217. The lowest BCUT2D eigenvalue weighted by atomic mass is 9.85. The highest BCUT2D eigenvalue weighted by Crippen LogP contribution is 2.48. The summed E-state index contributed by atoms with van der Waals surface area (Å²) in [6, 6.07) is 1.02. The van der Waals surface area contributed by atoms with Crippen LogP contribution in [0.5, 0.6) is 11.6 Å². The summed E-state index contributed by atoms with van der Waals surface area (Å²) in [6.45, 7) is 6.27. The third-order valence-electron chi connectivity index (χ3n) is 12.2. The number of alkyl halides is 3. The van der Waals surface area contributed by atoms with Crippen molar-refractivity contribution in [2.24, 2.45) is 17.8 Å². The van der Waals surface area contributed by atoms with Gasteiger partial charge in [0.1, 0.15) is 35.3 Å². The summed E-state index contributed by atoms with van der Waals surface area (Å²) in [5.41, 5.74) is -4.60. The molecule has 3 heterocycles. The van der Waals surface area contributed by atoms with Gasteiger partial charge in [0, 0.05) is 17.7 Å². The van der Waals surface area contributed by atoms with Gasteiger partial charge in [-0.25, -0.2) is 22.6 Å². The average molecular weight is 854 g/mol. The van der Waals surface area contributed by atoms with Crippen molar-refractivity contribution in [2.45, 2.75) is 126 Å². The van der Waals surface area contributed by atoms with E-state index in [1.165, 1.54) is 38.4 Å². The number of benzene rings is 1. The Morgan fingerprint density at radius 1 is 1.12 bits per heavy atom. The molecule has 2 aliphatic heterocycles. The number of ether oxygens (including phenoxy) is 3. The van der Waals surface area contributed by atoms with Crippen molar-refractivity contribution in [1.29, 1.82) is 0 Å². The highest BCUT2D eigenvalue weighted by Gasteiger charge is 2.63. The van der Waals surface area contributed by atoms with Crippen molar-refractivity contribution in [1.82, 2.24) is 25.2 Å². The molecule has 0 unspecified atom stereocenters. The van der Waals surface area contributed by atoms with E-state index in [0.29, 0.717) is 63.5 Å². The Morgan fingerprint density at radius 3 is 2.47 bits per heavy atom. The number of alkyl carbamates (subject to hydrolysis) is 1. The molecule has 59 heavy (non-hydrogen) atoms. The number of nitrogens with zero attached hydrogens (tertiary/aromatic N) is 2. The van der Waals surface area contributed by atoms with Crippen LogP contribution in [0.25, 0.3) is 10.8 Å². The van der Waals surface area contributed by atoms with E-state index >= 15 is 0 Å². The number of hydrogen-bond donors (Lipinski definition) is 3. The monoisotopic (exact) mass is 853 g/mol. The summed E-state index contributed by atoms with van der Waals surface area (Å²) in [5, 5.41) is 5.85. The topological polar surface area (TPSA) is 182 Å². The summed E-state index contributed by atoms with van der Waals surface area (Å²) in [6.07, 6.45) is -0.103. The maximum absolute atomic E-state index is 14.9. The first-order valence-corrected chi connectivity index (χ1v) is 21.2. The van der Waals surface area contributed by atoms with E-state index in [1.54, 1.807) is 13.0 Å². The molecule has 19 heteroatoms. The first-order valence-electron chi connectivity index (χ1n) is 19.8. The van der Waals surface area contributed by atoms with Crippen LogP contribution >= 0.6 is 0 Å². The third-order valence-corrected chi connectivity index (χ3v) is 14.3. The van der Waals surface area contributed by atoms with Gasteiger partial charge in [0.15, 0.2) is 0 Å². The zero-order valence-electron chi connectivity index (χ0n) is 33.8. The van der Waals surface area contributed by atoms with Crippen LogP contribution in [0, 0.1) is 23.6 Å². The first kappa shape index (κ1) is 43.9. The van der Waals surface area contributed by atoms with Gasteiger partial charge in [-0.05, 0) is 89.3 Å². The van der Waals surface area contributed by atoms with Crippen molar-refractivity contribution in [2.75, 3.05) is 13.7 Å². The fourth-order valence-electron chi connectivity index (χ4n) is 7.84. The number of nitrogens with one attached hydrogen (secondary N) is 3. The average Bonchev–Trinajstić information content (AvgIpc) is 4.03. The van der Waals surface area contributed by atoms with Crippen molar-refractivity contribution in [3.8, 4) is 11.6 Å². The Bertz CT molecular complexity index is 2130. The van der Waals surface area contributed by atoms with Gasteiger partial charge in [0.25, 0.3) is 5.91 Å². The van der Waals surface area contributed by atoms with Crippen molar-refractivity contribution >= 4 is 44.6 Å². The minimum absolute atomic E-state index is 0.0455. The van der Waals surface area contributed by atoms with Gasteiger partial charge < -0.3 is 29.7 Å². The van der Waals surface area contributed by atoms with E-state index < -0.39 is 91.7 Å². The normalized spacial score (nSPS) is 28.6. The zero-order chi connectivity index (χ0) is 43.3. The highest BCUT2D eigenvalue weighted by atomic mass is 32.2.